The molecule has 0 saturated heterocycles. The number of benzene rings is 3. The molecule has 30 heavy (non-hydrogen) atoms. The minimum absolute atomic E-state index is 0.0179. The molecule has 3 aromatic carbocycles. The van der Waals surface area contributed by atoms with Crippen LogP contribution in [0.4, 0.5) is 5.69 Å². The second-order valence-corrected chi connectivity index (χ2v) is 6.96. The van der Waals surface area contributed by atoms with Gasteiger partial charge in [-0.05, 0) is 22.8 Å². The molecular weight excluding hydrogens is 380 g/mol. The van der Waals surface area contributed by atoms with E-state index in [-0.39, 0.29) is 12.2 Å². The highest BCUT2D eigenvalue weighted by Gasteiger charge is 2.29. The Morgan fingerprint density at radius 1 is 1.00 bits per heavy atom. The molecule has 0 spiro atoms. The minimum Gasteiger partial charge on any atom is -0.383 e. The Kier molecular flexibility index (Phi) is 6.72. The van der Waals surface area contributed by atoms with Crippen molar-refractivity contribution < 1.29 is 14.8 Å². The summed E-state index contributed by atoms with van der Waals surface area (Å²) in [6.45, 7) is 0.0179. The molecule has 3 rings (SSSR count). The molecule has 0 aliphatic rings. The van der Waals surface area contributed by atoms with Crippen molar-refractivity contribution in [3.8, 4) is 0 Å². The highest BCUT2D eigenvalue weighted by Crippen LogP contribution is 2.25. The SMILES string of the molecule is O=C(C=Cc1cccc([N+](=O)[O-])c1)NCC(O)(Cc1ccccc1)c1ccccc1. The summed E-state index contributed by atoms with van der Waals surface area (Å²) < 4.78 is 0. The van der Waals surface area contributed by atoms with E-state index >= 15 is 0 Å². The first-order valence-electron chi connectivity index (χ1n) is 9.48. The standard InChI is InChI=1S/C24H22N2O4/c27-23(15-14-19-10-7-13-22(16-19)26(29)30)25-18-24(28,21-11-5-2-6-12-21)17-20-8-3-1-4-9-20/h1-16,28H,17-18H2,(H,25,27). The third kappa shape index (κ3) is 5.62. The van der Waals surface area contributed by atoms with E-state index in [1.54, 1.807) is 12.1 Å². The van der Waals surface area contributed by atoms with Gasteiger partial charge in [0.1, 0.15) is 5.60 Å². The molecule has 0 aliphatic carbocycles. The van der Waals surface area contributed by atoms with Crippen LogP contribution in [0, 0.1) is 10.1 Å². The Hall–Kier alpha value is -3.77. The molecule has 0 aromatic heterocycles. The van der Waals surface area contributed by atoms with Crippen molar-refractivity contribution in [2.24, 2.45) is 0 Å². The summed E-state index contributed by atoms with van der Waals surface area (Å²) in [5, 5.41) is 25.0. The molecule has 6 heteroatoms. The van der Waals surface area contributed by atoms with E-state index in [9.17, 15) is 20.0 Å². The van der Waals surface area contributed by atoms with E-state index in [0.717, 1.165) is 5.56 Å². The lowest BCUT2D eigenvalue weighted by Crippen LogP contribution is -2.42. The summed E-state index contributed by atoms with van der Waals surface area (Å²) in [5.74, 6) is -0.399. The van der Waals surface area contributed by atoms with Gasteiger partial charge in [0.15, 0.2) is 0 Å². The zero-order valence-electron chi connectivity index (χ0n) is 16.3. The zero-order chi connectivity index (χ0) is 21.4. The summed E-state index contributed by atoms with van der Waals surface area (Å²) in [6.07, 6.45) is 3.14. The quantitative estimate of drug-likeness (QED) is 0.340. The number of nitro benzene ring substituents is 1. The number of non-ortho nitro benzene ring substituents is 1. The summed E-state index contributed by atoms with van der Waals surface area (Å²) in [4.78, 5) is 22.7. The fraction of sp³-hybridized carbons (Fsp3) is 0.125. The third-order valence-corrected chi connectivity index (χ3v) is 4.71. The number of hydrogen-bond acceptors (Lipinski definition) is 4. The number of rotatable bonds is 8. The van der Waals surface area contributed by atoms with Gasteiger partial charge in [-0.2, -0.15) is 0 Å². The highest BCUT2D eigenvalue weighted by molar-refractivity contribution is 5.91. The van der Waals surface area contributed by atoms with Gasteiger partial charge >= 0.3 is 0 Å². The maximum Gasteiger partial charge on any atom is 0.270 e. The van der Waals surface area contributed by atoms with Gasteiger partial charge < -0.3 is 10.4 Å². The predicted octanol–water partition coefficient (Wildman–Crippen LogP) is 3.85. The van der Waals surface area contributed by atoms with Crippen LogP contribution in [0.1, 0.15) is 16.7 Å². The van der Waals surface area contributed by atoms with Crippen LogP contribution in [0.3, 0.4) is 0 Å². The molecular formula is C24H22N2O4. The summed E-state index contributed by atoms with van der Waals surface area (Å²) in [6, 6.07) is 24.8. The fourth-order valence-corrected chi connectivity index (χ4v) is 3.15. The van der Waals surface area contributed by atoms with Gasteiger partial charge in [-0.15, -0.1) is 0 Å². The van der Waals surface area contributed by atoms with Gasteiger partial charge in [0.2, 0.25) is 5.91 Å². The Balaban J connectivity index is 1.71. The van der Waals surface area contributed by atoms with Crippen molar-refractivity contribution in [1.82, 2.24) is 5.32 Å². The van der Waals surface area contributed by atoms with E-state index in [0.29, 0.717) is 17.5 Å². The van der Waals surface area contributed by atoms with Crippen LogP contribution in [0.15, 0.2) is 91.0 Å². The maximum atomic E-state index is 12.3. The number of nitrogens with one attached hydrogen (secondary N) is 1. The molecule has 152 valence electrons. The van der Waals surface area contributed by atoms with Gasteiger partial charge in [-0.1, -0.05) is 72.8 Å². The van der Waals surface area contributed by atoms with Crippen LogP contribution in [-0.4, -0.2) is 22.5 Å². The Bertz CT molecular complexity index is 1040. The number of aliphatic hydroxyl groups is 1. The van der Waals surface area contributed by atoms with Crippen LogP contribution in [0.25, 0.3) is 6.08 Å². The average Bonchev–Trinajstić information content (AvgIpc) is 2.78. The topological polar surface area (TPSA) is 92.5 Å². The first-order valence-corrected chi connectivity index (χ1v) is 9.48. The van der Waals surface area contributed by atoms with Crippen molar-refractivity contribution in [3.05, 3.63) is 118 Å². The normalized spacial score (nSPS) is 13.0. The van der Waals surface area contributed by atoms with E-state index in [1.807, 2.05) is 60.7 Å². The number of hydrogen-bond donors (Lipinski definition) is 2. The van der Waals surface area contributed by atoms with E-state index in [4.69, 9.17) is 0 Å². The average molecular weight is 402 g/mol. The molecule has 1 amide bonds. The number of nitro groups is 1. The van der Waals surface area contributed by atoms with E-state index < -0.39 is 16.4 Å². The van der Waals surface area contributed by atoms with Crippen molar-refractivity contribution in [1.29, 1.82) is 0 Å². The molecule has 0 fully saturated rings. The van der Waals surface area contributed by atoms with Gasteiger partial charge in [0.25, 0.3) is 5.69 Å². The lowest BCUT2D eigenvalue weighted by Gasteiger charge is -2.29. The van der Waals surface area contributed by atoms with E-state index in [2.05, 4.69) is 5.32 Å². The molecule has 1 unspecified atom stereocenters. The van der Waals surface area contributed by atoms with Crippen molar-refractivity contribution in [2.45, 2.75) is 12.0 Å². The molecule has 0 radical (unpaired) electrons. The molecule has 0 aliphatic heterocycles. The Morgan fingerprint density at radius 3 is 2.33 bits per heavy atom. The predicted molar refractivity (Wildman–Crippen MR) is 116 cm³/mol. The molecule has 0 heterocycles. The van der Waals surface area contributed by atoms with Crippen molar-refractivity contribution in [2.75, 3.05) is 6.54 Å². The maximum absolute atomic E-state index is 12.3. The second-order valence-electron chi connectivity index (χ2n) is 6.96. The molecule has 0 saturated carbocycles. The molecule has 3 aromatic rings. The summed E-state index contributed by atoms with van der Waals surface area (Å²) in [5.41, 5.74) is 0.875. The highest BCUT2D eigenvalue weighted by atomic mass is 16.6. The largest absolute Gasteiger partial charge is 0.383 e. The molecule has 0 bridgehead atoms. The van der Waals surface area contributed by atoms with Crippen LogP contribution < -0.4 is 5.32 Å². The first-order chi connectivity index (χ1) is 14.5. The second kappa shape index (κ2) is 9.62. The lowest BCUT2D eigenvalue weighted by atomic mass is 9.87. The van der Waals surface area contributed by atoms with Crippen molar-refractivity contribution >= 4 is 17.7 Å². The van der Waals surface area contributed by atoms with Crippen LogP contribution in [0.5, 0.6) is 0 Å². The third-order valence-electron chi connectivity index (χ3n) is 4.71. The summed E-state index contributed by atoms with van der Waals surface area (Å²) in [7, 11) is 0. The van der Waals surface area contributed by atoms with Gasteiger partial charge in [-0.25, -0.2) is 0 Å². The van der Waals surface area contributed by atoms with E-state index in [1.165, 1.54) is 24.3 Å². The van der Waals surface area contributed by atoms with Crippen LogP contribution in [0.2, 0.25) is 0 Å². The Morgan fingerprint density at radius 2 is 1.67 bits per heavy atom. The molecule has 1 atom stereocenters. The lowest BCUT2D eigenvalue weighted by molar-refractivity contribution is -0.384. The number of nitrogens with zero attached hydrogens (tertiary/aromatic N) is 1. The van der Waals surface area contributed by atoms with Gasteiger partial charge in [0.05, 0.1) is 11.5 Å². The minimum atomic E-state index is -1.28. The number of carbonyl (C=O) groups is 1. The van der Waals surface area contributed by atoms with Crippen molar-refractivity contribution in [3.63, 3.8) is 0 Å². The van der Waals surface area contributed by atoms with Crippen LogP contribution >= 0.6 is 0 Å². The zero-order valence-corrected chi connectivity index (χ0v) is 16.3. The van der Waals surface area contributed by atoms with Gasteiger partial charge in [-0.3, -0.25) is 14.9 Å². The Labute approximate surface area is 174 Å². The number of amides is 1. The molecule has 6 nitrogen and oxygen atoms in total. The van der Waals surface area contributed by atoms with Gasteiger partial charge in [0, 0.05) is 24.6 Å². The first kappa shape index (κ1) is 21.0. The molecule has 2 N–H and O–H groups in total. The monoisotopic (exact) mass is 402 g/mol. The summed E-state index contributed by atoms with van der Waals surface area (Å²) >= 11 is 0. The van der Waals surface area contributed by atoms with Crippen LogP contribution in [-0.2, 0) is 16.8 Å². The number of carbonyl (C=O) groups excluding carboxylic acids is 1. The smallest absolute Gasteiger partial charge is 0.270 e. The fourth-order valence-electron chi connectivity index (χ4n) is 3.15.